The molecule has 0 saturated carbocycles. The van der Waals surface area contributed by atoms with E-state index in [9.17, 15) is 4.39 Å². The van der Waals surface area contributed by atoms with Crippen LogP contribution in [0.25, 0.3) is 0 Å². The van der Waals surface area contributed by atoms with Gasteiger partial charge in [0.15, 0.2) is 0 Å². The van der Waals surface area contributed by atoms with Crippen LogP contribution in [0.4, 0.5) is 10.1 Å². The zero-order chi connectivity index (χ0) is 11.8. The first-order valence-corrected chi connectivity index (χ1v) is 5.45. The Bertz CT molecular complexity index is 307. The molecule has 0 heterocycles. The van der Waals surface area contributed by atoms with Crippen molar-refractivity contribution in [2.45, 2.75) is 13.0 Å². The highest BCUT2D eigenvalue weighted by atomic mass is 19.1. The van der Waals surface area contributed by atoms with Gasteiger partial charge in [0.1, 0.15) is 5.82 Å². The molecule has 3 nitrogen and oxygen atoms in total. The Morgan fingerprint density at radius 1 is 1.38 bits per heavy atom. The van der Waals surface area contributed by atoms with Gasteiger partial charge < -0.3 is 15.4 Å². The molecule has 0 aliphatic heterocycles. The summed E-state index contributed by atoms with van der Waals surface area (Å²) >= 11 is 0. The summed E-state index contributed by atoms with van der Waals surface area (Å²) in [6.07, 6.45) is 0.217. The van der Waals surface area contributed by atoms with Gasteiger partial charge in [0.05, 0.1) is 6.10 Å². The smallest absolute Gasteiger partial charge is 0.125 e. The Morgan fingerprint density at radius 2 is 2.19 bits per heavy atom. The van der Waals surface area contributed by atoms with Crippen molar-refractivity contribution in [2.75, 3.05) is 32.1 Å². The maximum absolute atomic E-state index is 12.8. The molecule has 4 heteroatoms. The van der Waals surface area contributed by atoms with E-state index in [1.807, 2.05) is 13.0 Å². The monoisotopic (exact) mass is 226 g/mol. The van der Waals surface area contributed by atoms with Gasteiger partial charge in [-0.3, -0.25) is 0 Å². The molecule has 1 aromatic rings. The van der Waals surface area contributed by atoms with Crippen LogP contribution in [-0.4, -0.2) is 32.8 Å². The van der Waals surface area contributed by atoms with Gasteiger partial charge >= 0.3 is 0 Å². The molecule has 0 amide bonds. The molecule has 1 unspecified atom stereocenters. The van der Waals surface area contributed by atoms with Gasteiger partial charge in [-0.25, -0.2) is 4.39 Å². The standard InChI is InChI=1S/C12H19FN2O/c1-10(16-2)9-14-6-7-15-12-5-3-4-11(13)8-12/h3-5,8,10,14-15H,6-7,9H2,1-2H3. The second-order valence-corrected chi connectivity index (χ2v) is 3.69. The lowest BCUT2D eigenvalue weighted by molar-refractivity contribution is 0.117. The van der Waals surface area contributed by atoms with E-state index in [1.165, 1.54) is 12.1 Å². The van der Waals surface area contributed by atoms with E-state index in [1.54, 1.807) is 13.2 Å². The van der Waals surface area contributed by atoms with Crippen LogP contribution < -0.4 is 10.6 Å². The third kappa shape index (κ3) is 5.09. The lowest BCUT2D eigenvalue weighted by Crippen LogP contribution is -2.30. The van der Waals surface area contributed by atoms with Crippen LogP contribution in [-0.2, 0) is 4.74 Å². The molecule has 0 bridgehead atoms. The van der Waals surface area contributed by atoms with Crippen LogP contribution in [0.15, 0.2) is 24.3 Å². The fourth-order valence-corrected chi connectivity index (χ4v) is 1.28. The summed E-state index contributed by atoms with van der Waals surface area (Å²) in [4.78, 5) is 0. The maximum Gasteiger partial charge on any atom is 0.125 e. The number of hydrogen-bond acceptors (Lipinski definition) is 3. The minimum absolute atomic E-state index is 0.217. The highest BCUT2D eigenvalue weighted by Gasteiger charge is 1.97. The Balaban J connectivity index is 2.12. The third-order valence-corrected chi connectivity index (χ3v) is 2.29. The molecule has 1 atom stereocenters. The van der Waals surface area contributed by atoms with Gasteiger partial charge in [-0.15, -0.1) is 0 Å². The quantitative estimate of drug-likeness (QED) is 0.696. The Kier molecular flexibility index (Phi) is 5.82. The van der Waals surface area contributed by atoms with E-state index >= 15 is 0 Å². The average molecular weight is 226 g/mol. The van der Waals surface area contributed by atoms with Gasteiger partial charge in [0.2, 0.25) is 0 Å². The van der Waals surface area contributed by atoms with Gasteiger partial charge in [0.25, 0.3) is 0 Å². The van der Waals surface area contributed by atoms with Crippen molar-refractivity contribution in [3.05, 3.63) is 30.1 Å². The van der Waals surface area contributed by atoms with Gasteiger partial charge in [-0.05, 0) is 25.1 Å². The van der Waals surface area contributed by atoms with E-state index in [2.05, 4.69) is 10.6 Å². The molecule has 90 valence electrons. The molecule has 2 N–H and O–H groups in total. The van der Waals surface area contributed by atoms with Gasteiger partial charge in [-0.2, -0.15) is 0 Å². The first-order valence-electron chi connectivity index (χ1n) is 5.45. The molecule has 0 spiro atoms. The third-order valence-electron chi connectivity index (χ3n) is 2.29. The van der Waals surface area contributed by atoms with E-state index in [0.717, 1.165) is 25.3 Å². The number of ether oxygens (including phenoxy) is 1. The lowest BCUT2D eigenvalue weighted by atomic mass is 10.3. The molecule has 0 aliphatic carbocycles. The minimum atomic E-state index is -0.217. The summed E-state index contributed by atoms with van der Waals surface area (Å²) in [7, 11) is 1.69. The molecule has 0 aromatic heterocycles. The van der Waals surface area contributed by atoms with Crippen molar-refractivity contribution in [2.24, 2.45) is 0 Å². The molecule has 0 radical (unpaired) electrons. The number of anilines is 1. The predicted molar refractivity (Wildman–Crippen MR) is 64.2 cm³/mol. The molecule has 0 saturated heterocycles. The first kappa shape index (κ1) is 12.9. The topological polar surface area (TPSA) is 33.3 Å². The number of benzene rings is 1. The summed E-state index contributed by atoms with van der Waals surface area (Å²) in [6, 6.07) is 6.46. The minimum Gasteiger partial charge on any atom is -0.384 e. The summed E-state index contributed by atoms with van der Waals surface area (Å²) in [5.74, 6) is -0.217. The molecule has 0 fully saturated rings. The molecule has 1 aromatic carbocycles. The zero-order valence-electron chi connectivity index (χ0n) is 9.79. The van der Waals surface area contributed by atoms with E-state index in [-0.39, 0.29) is 11.9 Å². The lowest BCUT2D eigenvalue weighted by Gasteiger charge is -2.11. The summed E-state index contributed by atoms with van der Waals surface area (Å²) in [5, 5.41) is 6.37. The Labute approximate surface area is 96.0 Å². The SMILES string of the molecule is COC(C)CNCCNc1cccc(F)c1. The fourth-order valence-electron chi connectivity index (χ4n) is 1.28. The highest BCUT2D eigenvalue weighted by Crippen LogP contribution is 2.07. The zero-order valence-corrected chi connectivity index (χ0v) is 9.79. The summed E-state index contributed by atoms with van der Waals surface area (Å²) in [6.45, 7) is 4.42. The predicted octanol–water partition coefficient (Wildman–Crippen LogP) is 1.86. The summed E-state index contributed by atoms with van der Waals surface area (Å²) in [5.41, 5.74) is 0.807. The van der Waals surface area contributed by atoms with Crippen molar-refractivity contribution in [1.29, 1.82) is 0 Å². The second kappa shape index (κ2) is 7.19. The van der Waals surface area contributed by atoms with Gasteiger partial charge in [-0.1, -0.05) is 6.07 Å². The van der Waals surface area contributed by atoms with Crippen LogP contribution in [0.3, 0.4) is 0 Å². The normalized spacial score (nSPS) is 12.4. The largest absolute Gasteiger partial charge is 0.384 e. The van der Waals surface area contributed by atoms with Crippen LogP contribution in [0.2, 0.25) is 0 Å². The average Bonchev–Trinajstić information content (AvgIpc) is 2.28. The van der Waals surface area contributed by atoms with E-state index < -0.39 is 0 Å². The Hall–Kier alpha value is -1.13. The van der Waals surface area contributed by atoms with E-state index in [0.29, 0.717) is 0 Å². The molecule has 16 heavy (non-hydrogen) atoms. The Morgan fingerprint density at radius 3 is 2.88 bits per heavy atom. The highest BCUT2D eigenvalue weighted by molar-refractivity contribution is 5.42. The van der Waals surface area contributed by atoms with Crippen molar-refractivity contribution in [3.8, 4) is 0 Å². The van der Waals surface area contributed by atoms with E-state index in [4.69, 9.17) is 4.74 Å². The van der Waals surface area contributed by atoms with Crippen molar-refractivity contribution in [1.82, 2.24) is 5.32 Å². The van der Waals surface area contributed by atoms with Crippen LogP contribution in [0, 0.1) is 5.82 Å². The first-order chi connectivity index (χ1) is 7.72. The van der Waals surface area contributed by atoms with Crippen molar-refractivity contribution >= 4 is 5.69 Å². The fraction of sp³-hybridized carbons (Fsp3) is 0.500. The van der Waals surface area contributed by atoms with Gasteiger partial charge in [0, 0.05) is 32.4 Å². The van der Waals surface area contributed by atoms with Crippen LogP contribution in [0.1, 0.15) is 6.92 Å². The maximum atomic E-state index is 12.8. The number of rotatable bonds is 7. The molecule has 1 rings (SSSR count). The number of methoxy groups -OCH3 is 1. The summed E-state index contributed by atoms with van der Waals surface area (Å²) < 4.78 is 17.9. The molecule has 0 aliphatic rings. The number of hydrogen-bond donors (Lipinski definition) is 2. The second-order valence-electron chi connectivity index (χ2n) is 3.69. The number of halogens is 1. The molecular weight excluding hydrogens is 207 g/mol. The van der Waals surface area contributed by atoms with Crippen LogP contribution >= 0.6 is 0 Å². The number of nitrogens with one attached hydrogen (secondary N) is 2. The van der Waals surface area contributed by atoms with Crippen molar-refractivity contribution in [3.63, 3.8) is 0 Å². The molecular formula is C12H19FN2O. The van der Waals surface area contributed by atoms with Crippen molar-refractivity contribution < 1.29 is 9.13 Å². The van der Waals surface area contributed by atoms with Crippen LogP contribution in [0.5, 0.6) is 0 Å².